The first-order valence-corrected chi connectivity index (χ1v) is 3.82. The molecular weight excluding hydrogens is 156 g/mol. The van der Waals surface area contributed by atoms with Gasteiger partial charge in [0.1, 0.15) is 5.92 Å². The van der Waals surface area contributed by atoms with Crippen molar-refractivity contribution in [3.8, 4) is 6.07 Å². The Labute approximate surface area is 70.8 Å². The predicted molar refractivity (Wildman–Crippen MR) is 41.0 cm³/mol. The normalized spacial score (nSPS) is 23.5. The summed E-state index contributed by atoms with van der Waals surface area (Å²) in [7, 11) is 0. The molecule has 4 heteroatoms. The molecule has 0 aromatic carbocycles. The zero-order valence-electron chi connectivity index (χ0n) is 7.07. The van der Waals surface area contributed by atoms with E-state index in [1.54, 1.807) is 0 Å². The maximum atomic E-state index is 11.1. The minimum absolute atomic E-state index is 0.000185. The molecule has 0 radical (unpaired) electrons. The van der Waals surface area contributed by atoms with Crippen molar-refractivity contribution in [1.29, 1.82) is 5.26 Å². The summed E-state index contributed by atoms with van der Waals surface area (Å²) >= 11 is 0. The molecule has 1 aliphatic rings. The molecule has 1 rings (SSSR count). The maximum Gasteiger partial charge on any atom is 0.291 e. The summed E-state index contributed by atoms with van der Waals surface area (Å²) in [6, 6.07) is 1.82. The molecule has 0 aromatic rings. The lowest BCUT2D eigenvalue weighted by Crippen LogP contribution is -2.33. The molecule has 0 saturated carbocycles. The van der Waals surface area contributed by atoms with Gasteiger partial charge < -0.3 is 4.90 Å². The van der Waals surface area contributed by atoms with Gasteiger partial charge in [-0.05, 0) is 13.8 Å². The van der Waals surface area contributed by atoms with Crippen molar-refractivity contribution < 1.29 is 9.59 Å². The van der Waals surface area contributed by atoms with Crippen LogP contribution in [0.5, 0.6) is 0 Å². The van der Waals surface area contributed by atoms with Gasteiger partial charge >= 0.3 is 0 Å². The number of Topliss-reactive ketones (excluding diaryl/α,β-unsaturated/α-hetero) is 1. The molecule has 0 bridgehead atoms. The first kappa shape index (κ1) is 8.72. The quantitative estimate of drug-likeness (QED) is 0.513. The second kappa shape index (κ2) is 2.94. The van der Waals surface area contributed by atoms with E-state index in [-0.39, 0.29) is 12.6 Å². The lowest BCUT2D eigenvalue weighted by molar-refractivity contribution is -0.141. The van der Waals surface area contributed by atoms with Crippen LogP contribution in [0.15, 0.2) is 0 Å². The number of amides is 1. The van der Waals surface area contributed by atoms with Crippen molar-refractivity contribution in [3.05, 3.63) is 0 Å². The maximum absolute atomic E-state index is 11.1. The standard InChI is InChI=1S/C8H10N2O2/c1-5(2)10-4-6(3-9)7(11)8(10)12/h5-6H,4H2,1-2H3/t6-/m1/s1. The van der Waals surface area contributed by atoms with Crippen molar-refractivity contribution in [1.82, 2.24) is 4.90 Å². The Morgan fingerprint density at radius 2 is 2.17 bits per heavy atom. The molecule has 1 fully saturated rings. The Morgan fingerprint density at radius 1 is 1.58 bits per heavy atom. The Bertz CT molecular complexity index is 265. The van der Waals surface area contributed by atoms with E-state index >= 15 is 0 Å². The van der Waals surface area contributed by atoms with E-state index in [9.17, 15) is 9.59 Å². The van der Waals surface area contributed by atoms with Crippen LogP contribution >= 0.6 is 0 Å². The van der Waals surface area contributed by atoms with Crippen LogP contribution < -0.4 is 0 Å². The highest BCUT2D eigenvalue weighted by atomic mass is 16.2. The number of hydrogen-bond acceptors (Lipinski definition) is 3. The fourth-order valence-electron chi connectivity index (χ4n) is 1.20. The monoisotopic (exact) mass is 166 g/mol. The Hall–Kier alpha value is -1.37. The van der Waals surface area contributed by atoms with E-state index in [1.165, 1.54) is 4.90 Å². The van der Waals surface area contributed by atoms with E-state index in [1.807, 2.05) is 19.9 Å². The summed E-state index contributed by atoms with van der Waals surface area (Å²) in [6.45, 7) is 3.90. The minimum Gasteiger partial charge on any atom is -0.332 e. The van der Waals surface area contributed by atoms with Gasteiger partial charge in [-0.1, -0.05) is 0 Å². The largest absolute Gasteiger partial charge is 0.332 e. The molecule has 0 aliphatic carbocycles. The van der Waals surface area contributed by atoms with Gasteiger partial charge in [-0.3, -0.25) is 9.59 Å². The summed E-state index contributed by atoms with van der Waals surface area (Å²) in [4.78, 5) is 23.6. The van der Waals surface area contributed by atoms with Gasteiger partial charge in [-0.25, -0.2) is 0 Å². The Kier molecular flexibility index (Phi) is 2.13. The highest BCUT2D eigenvalue weighted by Gasteiger charge is 2.39. The third kappa shape index (κ3) is 1.18. The van der Waals surface area contributed by atoms with Crippen LogP contribution in [0.25, 0.3) is 0 Å². The lowest BCUT2D eigenvalue weighted by Gasteiger charge is -2.18. The van der Waals surface area contributed by atoms with E-state index in [2.05, 4.69) is 0 Å². The van der Waals surface area contributed by atoms with Crippen LogP contribution in [0.4, 0.5) is 0 Å². The van der Waals surface area contributed by atoms with Crippen LogP contribution in [-0.4, -0.2) is 29.2 Å². The van der Waals surface area contributed by atoms with Crippen molar-refractivity contribution >= 4 is 11.7 Å². The average molecular weight is 166 g/mol. The van der Waals surface area contributed by atoms with Gasteiger partial charge in [0.2, 0.25) is 5.78 Å². The zero-order chi connectivity index (χ0) is 9.30. The van der Waals surface area contributed by atoms with E-state index in [0.717, 1.165) is 0 Å². The van der Waals surface area contributed by atoms with Crippen molar-refractivity contribution in [2.45, 2.75) is 19.9 Å². The molecule has 1 heterocycles. The number of rotatable bonds is 1. The first-order chi connectivity index (χ1) is 5.57. The predicted octanol–water partition coefficient (Wildman–Crippen LogP) is -0.0541. The molecule has 64 valence electrons. The van der Waals surface area contributed by atoms with Crippen LogP contribution in [0.1, 0.15) is 13.8 Å². The number of carbonyl (C=O) groups excluding carboxylic acids is 2. The molecular formula is C8H10N2O2. The highest BCUT2D eigenvalue weighted by Crippen LogP contribution is 2.15. The zero-order valence-corrected chi connectivity index (χ0v) is 7.07. The van der Waals surface area contributed by atoms with E-state index in [0.29, 0.717) is 0 Å². The van der Waals surface area contributed by atoms with Crippen LogP contribution in [0, 0.1) is 17.2 Å². The van der Waals surface area contributed by atoms with Crippen molar-refractivity contribution in [2.75, 3.05) is 6.54 Å². The topological polar surface area (TPSA) is 61.2 Å². The minimum atomic E-state index is -0.750. The number of nitrogens with zero attached hydrogens (tertiary/aromatic N) is 2. The first-order valence-electron chi connectivity index (χ1n) is 3.82. The molecule has 1 amide bonds. The number of nitriles is 1. The summed E-state index contributed by atoms with van der Waals surface area (Å²) < 4.78 is 0. The summed E-state index contributed by atoms with van der Waals surface area (Å²) in [5, 5.41) is 8.50. The van der Waals surface area contributed by atoms with Crippen LogP contribution in [-0.2, 0) is 9.59 Å². The molecule has 12 heavy (non-hydrogen) atoms. The number of carbonyl (C=O) groups is 2. The van der Waals surface area contributed by atoms with Gasteiger partial charge in [-0.15, -0.1) is 0 Å². The average Bonchev–Trinajstić information content (AvgIpc) is 2.30. The lowest BCUT2D eigenvalue weighted by atomic mass is 10.1. The van der Waals surface area contributed by atoms with Crippen LogP contribution in [0.2, 0.25) is 0 Å². The number of likely N-dealkylation sites (tertiary alicyclic amines) is 1. The van der Waals surface area contributed by atoms with Crippen molar-refractivity contribution in [2.24, 2.45) is 5.92 Å². The third-order valence-electron chi connectivity index (χ3n) is 1.95. The second-order valence-corrected chi connectivity index (χ2v) is 3.10. The van der Waals surface area contributed by atoms with Crippen LogP contribution in [0.3, 0.4) is 0 Å². The fraction of sp³-hybridized carbons (Fsp3) is 0.625. The smallest absolute Gasteiger partial charge is 0.291 e. The molecule has 4 nitrogen and oxygen atoms in total. The second-order valence-electron chi connectivity index (χ2n) is 3.10. The SMILES string of the molecule is CC(C)N1C[C@@H](C#N)C(=O)C1=O. The molecule has 1 saturated heterocycles. The molecule has 0 N–H and O–H groups in total. The summed E-state index contributed by atoms with van der Waals surface area (Å²) in [6.07, 6.45) is 0. The number of ketones is 1. The van der Waals surface area contributed by atoms with Gasteiger partial charge in [0, 0.05) is 12.6 Å². The van der Waals surface area contributed by atoms with Gasteiger partial charge in [0.05, 0.1) is 6.07 Å². The van der Waals surface area contributed by atoms with Gasteiger partial charge in [-0.2, -0.15) is 5.26 Å². The Morgan fingerprint density at radius 3 is 2.42 bits per heavy atom. The van der Waals surface area contributed by atoms with E-state index < -0.39 is 17.6 Å². The fourth-order valence-corrected chi connectivity index (χ4v) is 1.20. The summed E-state index contributed by atoms with van der Waals surface area (Å²) in [5.74, 6) is -1.83. The van der Waals surface area contributed by atoms with Gasteiger partial charge in [0.15, 0.2) is 0 Å². The Balaban J connectivity index is 2.83. The molecule has 0 aromatic heterocycles. The highest BCUT2D eigenvalue weighted by molar-refractivity contribution is 6.39. The summed E-state index contributed by atoms with van der Waals surface area (Å²) in [5.41, 5.74) is 0. The molecule has 0 spiro atoms. The van der Waals surface area contributed by atoms with Gasteiger partial charge in [0.25, 0.3) is 5.91 Å². The molecule has 0 unspecified atom stereocenters. The third-order valence-corrected chi connectivity index (χ3v) is 1.95. The van der Waals surface area contributed by atoms with E-state index in [4.69, 9.17) is 5.26 Å². The van der Waals surface area contributed by atoms with Crippen molar-refractivity contribution in [3.63, 3.8) is 0 Å². The molecule has 1 aliphatic heterocycles. The molecule has 1 atom stereocenters. The number of hydrogen-bond donors (Lipinski definition) is 0.